The Morgan fingerprint density at radius 2 is 1.81 bits per heavy atom. The first kappa shape index (κ1) is 29.7. The molecule has 1 unspecified atom stereocenters. The lowest BCUT2D eigenvalue weighted by molar-refractivity contribution is -0.145. The van der Waals surface area contributed by atoms with Gasteiger partial charge < -0.3 is 19.7 Å². The van der Waals surface area contributed by atoms with Gasteiger partial charge in [0.1, 0.15) is 41.8 Å². The Balaban J connectivity index is 1.48. The molecule has 0 bridgehead atoms. The summed E-state index contributed by atoms with van der Waals surface area (Å²) in [6.07, 6.45) is 1.51. The molecule has 0 aliphatic rings. The lowest BCUT2D eigenvalue weighted by Gasteiger charge is -2.24. The predicted molar refractivity (Wildman–Crippen MR) is 159 cm³/mol. The quantitative estimate of drug-likeness (QED) is 0.167. The Bertz CT molecular complexity index is 1810. The van der Waals surface area contributed by atoms with Crippen LogP contribution in [0.2, 0.25) is 0 Å². The van der Waals surface area contributed by atoms with Crippen molar-refractivity contribution in [1.82, 2.24) is 20.6 Å². The first-order valence-corrected chi connectivity index (χ1v) is 13.9. The van der Waals surface area contributed by atoms with Crippen molar-refractivity contribution in [2.24, 2.45) is 0 Å². The number of hydrogen-bond acceptors (Lipinski definition) is 10. The molecule has 0 fully saturated rings. The van der Waals surface area contributed by atoms with Crippen LogP contribution < -0.4 is 14.8 Å². The van der Waals surface area contributed by atoms with Gasteiger partial charge in [-0.05, 0) is 62.0 Å². The largest absolute Gasteiger partial charge is 0.488 e. The van der Waals surface area contributed by atoms with E-state index in [1.54, 1.807) is 18.2 Å². The standard InChI is InChI=1S/C31H26BrN5O6/c1-31(18-38,30(39)40)35-15-24-25(41-16-19-10-11-34-22(12-19)14-33)13-26(29-28(24)36-43-37-29)42-17-21-8-5-9-23(27(21)32)20-6-3-2-4-7-20/h2-13,35,38H,15-18H2,1H3,(H,39,40). The average Bonchev–Trinajstić information content (AvgIpc) is 3.53. The highest BCUT2D eigenvalue weighted by Crippen LogP contribution is 2.37. The monoisotopic (exact) mass is 643 g/mol. The van der Waals surface area contributed by atoms with E-state index in [2.05, 4.69) is 36.5 Å². The third-order valence-corrected chi connectivity index (χ3v) is 7.83. The summed E-state index contributed by atoms with van der Waals surface area (Å²) in [6.45, 7) is 0.922. The molecule has 0 saturated carbocycles. The molecule has 3 N–H and O–H groups in total. The number of nitrogens with one attached hydrogen (secondary N) is 1. The minimum atomic E-state index is -1.63. The summed E-state index contributed by atoms with van der Waals surface area (Å²) in [7, 11) is 0. The van der Waals surface area contributed by atoms with Crippen molar-refractivity contribution in [3.05, 3.63) is 99.8 Å². The minimum Gasteiger partial charge on any atom is -0.488 e. The number of benzene rings is 3. The van der Waals surface area contributed by atoms with E-state index in [9.17, 15) is 20.3 Å². The van der Waals surface area contributed by atoms with Crippen LogP contribution in [0, 0.1) is 11.3 Å². The Morgan fingerprint density at radius 1 is 1.05 bits per heavy atom. The smallest absolute Gasteiger partial charge is 0.326 e. The van der Waals surface area contributed by atoms with Crippen molar-refractivity contribution in [2.75, 3.05) is 6.61 Å². The molecule has 1 atom stereocenters. The highest BCUT2D eigenvalue weighted by Gasteiger charge is 2.33. The van der Waals surface area contributed by atoms with Crippen LogP contribution in [0.1, 0.15) is 29.3 Å². The number of halogens is 1. The van der Waals surface area contributed by atoms with Crippen LogP contribution >= 0.6 is 15.9 Å². The number of aromatic nitrogens is 3. The van der Waals surface area contributed by atoms with Crippen LogP contribution in [-0.4, -0.2) is 43.6 Å². The second-order valence-corrected chi connectivity index (χ2v) is 10.6. The van der Waals surface area contributed by atoms with Gasteiger partial charge in [-0.2, -0.15) is 5.26 Å². The number of nitrogens with zero attached hydrogens (tertiary/aromatic N) is 4. The fraction of sp³-hybridized carbons (Fsp3) is 0.194. The molecule has 218 valence electrons. The number of pyridine rings is 1. The van der Waals surface area contributed by atoms with Crippen molar-refractivity contribution in [2.45, 2.75) is 32.2 Å². The van der Waals surface area contributed by atoms with Gasteiger partial charge in [0, 0.05) is 34.4 Å². The molecule has 0 radical (unpaired) electrons. The zero-order chi connectivity index (χ0) is 30.4. The van der Waals surface area contributed by atoms with E-state index < -0.39 is 18.1 Å². The van der Waals surface area contributed by atoms with Gasteiger partial charge >= 0.3 is 5.97 Å². The third-order valence-electron chi connectivity index (χ3n) is 6.89. The fourth-order valence-corrected chi connectivity index (χ4v) is 4.91. The SMILES string of the molecule is CC(CO)(NCc1c(OCc2ccnc(C#N)c2)cc(OCc2cccc(-c3ccccc3)c2Br)c2nonc12)C(=O)O. The van der Waals surface area contributed by atoms with Crippen LogP contribution in [0.25, 0.3) is 22.2 Å². The Hall–Kier alpha value is -4.83. The van der Waals surface area contributed by atoms with Crippen molar-refractivity contribution < 1.29 is 29.1 Å². The molecule has 5 aromatic rings. The van der Waals surface area contributed by atoms with Gasteiger partial charge in [-0.3, -0.25) is 10.1 Å². The molecule has 0 aliphatic carbocycles. The molecule has 12 heteroatoms. The van der Waals surface area contributed by atoms with Crippen LogP contribution in [-0.2, 0) is 24.6 Å². The van der Waals surface area contributed by atoms with Gasteiger partial charge in [0.2, 0.25) is 0 Å². The molecule has 0 amide bonds. The minimum absolute atomic E-state index is 0.0475. The second-order valence-electron chi connectivity index (χ2n) is 9.84. The van der Waals surface area contributed by atoms with E-state index in [0.29, 0.717) is 33.7 Å². The highest BCUT2D eigenvalue weighted by atomic mass is 79.9. The van der Waals surface area contributed by atoms with E-state index in [1.165, 1.54) is 13.1 Å². The highest BCUT2D eigenvalue weighted by molar-refractivity contribution is 9.10. The van der Waals surface area contributed by atoms with Gasteiger partial charge in [-0.15, -0.1) is 0 Å². The zero-order valence-electron chi connectivity index (χ0n) is 23.0. The summed E-state index contributed by atoms with van der Waals surface area (Å²) >= 11 is 3.72. The summed E-state index contributed by atoms with van der Waals surface area (Å²) in [5.41, 5.74) is 3.33. The van der Waals surface area contributed by atoms with E-state index in [-0.39, 0.29) is 25.5 Å². The summed E-state index contributed by atoms with van der Waals surface area (Å²) < 4.78 is 18.4. The van der Waals surface area contributed by atoms with E-state index >= 15 is 0 Å². The molecule has 2 aromatic heterocycles. The van der Waals surface area contributed by atoms with Crippen molar-refractivity contribution in [3.63, 3.8) is 0 Å². The molecule has 11 nitrogen and oxygen atoms in total. The van der Waals surface area contributed by atoms with Crippen molar-refractivity contribution in [3.8, 4) is 28.7 Å². The number of ether oxygens (including phenoxy) is 2. The lowest BCUT2D eigenvalue weighted by Crippen LogP contribution is -2.52. The Labute approximate surface area is 254 Å². The normalized spacial score (nSPS) is 12.4. The maximum absolute atomic E-state index is 11.8. The third kappa shape index (κ3) is 6.49. The molecule has 3 aromatic carbocycles. The number of aliphatic hydroxyl groups excluding tert-OH is 1. The van der Waals surface area contributed by atoms with Crippen LogP contribution in [0.4, 0.5) is 0 Å². The summed E-state index contributed by atoms with van der Waals surface area (Å²) in [6, 6.07) is 22.9. The predicted octanol–water partition coefficient (Wildman–Crippen LogP) is 5.00. The number of aliphatic carboxylic acids is 1. The average molecular weight is 644 g/mol. The van der Waals surface area contributed by atoms with Crippen LogP contribution in [0.5, 0.6) is 11.5 Å². The summed E-state index contributed by atoms with van der Waals surface area (Å²) in [5.74, 6) is -0.567. The van der Waals surface area contributed by atoms with E-state index in [1.807, 2.05) is 54.6 Å². The molecular weight excluding hydrogens is 618 g/mol. The topological polar surface area (TPSA) is 164 Å². The second kappa shape index (κ2) is 13.0. The van der Waals surface area contributed by atoms with Gasteiger partial charge in [-0.25, -0.2) is 9.61 Å². The molecule has 2 heterocycles. The number of hydrogen-bond donors (Lipinski definition) is 3. The number of carbonyl (C=O) groups is 1. The van der Waals surface area contributed by atoms with Crippen molar-refractivity contribution >= 4 is 32.9 Å². The number of carboxylic acid groups (broad SMARTS) is 1. The molecule has 43 heavy (non-hydrogen) atoms. The van der Waals surface area contributed by atoms with E-state index in [0.717, 1.165) is 21.2 Å². The first-order chi connectivity index (χ1) is 20.8. The van der Waals surface area contributed by atoms with E-state index in [4.69, 9.17) is 14.1 Å². The Kier molecular flexibility index (Phi) is 8.96. The molecule has 0 spiro atoms. The number of carboxylic acids is 1. The molecule has 0 aliphatic heterocycles. The van der Waals surface area contributed by atoms with Gasteiger partial charge in [0.15, 0.2) is 11.3 Å². The van der Waals surface area contributed by atoms with Gasteiger partial charge in [0.05, 0.1) is 6.61 Å². The number of nitriles is 1. The molecule has 0 saturated heterocycles. The first-order valence-electron chi connectivity index (χ1n) is 13.1. The van der Waals surface area contributed by atoms with Gasteiger partial charge in [-0.1, -0.05) is 48.5 Å². The van der Waals surface area contributed by atoms with Crippen molar-refractivity contribution in [1.29, 1.82) is 5.26 Å². The maximum Gasteiger partial charge on any atom is 0.326 e. The molecular formula is C31H26BrN5O6. The lowest BCUT2D eigenvalue weighted by atomic mass is 10.0. The van der Waals surface area contributed by atoms with Gasteiger partial charge in [0.25, 0.3) is 0 Å². The summed E-state index contributed by atoms with van der Waals surface area (Å²) in [4.78, 5) is 15.8. The number of rotatable bonds is 12. The fourth-order valence-electron chi connectivity index (χ4n) is 4.31. The van der Waals surface area contributed by atoms with Crippen LogP contribution in [0.15, 0.2) is 82.0 Å². The Morgan fingerprint density at radius 3 is 2.56 bits per heavy atom. The number of fused-ring (bicyclic) bond motifs is 1. The summed E-state index contributed by atoms with van der Waals surface area (Å²) in [5, 5.41) is 39.6. The molecule has 5 rings (SSSR count). The number of aliphatic hydroxyl groups is 1. The maximum atomic E-state index is 11.8. The van der Waals surface area contributed by atoms with Crippen LogP contribution in [0.3, 0.4) is 0 Å². The zero-order valence-corrected chi connectivity index (χ0v) is 24.5.